The Morgan fingerprint density at radius 1 is 1.06 bits per heavy atom. The summed E-state index contributed by atoms with van der Waals surface area (Å²) >= 11 is 5.87. The molecule has 0 aliphatic carbocycles. The molecule has 1 saturated heterocycles. The molecular formula is C23H26ClN3O4. The Labute approximate surface area is 186 Å². The van der Waals surface area contributed by atoms with E-state index in [0.717, 1.165) is 11.3 Å². The van der Waals surface area contributed by atoms with E-state index in [2.05, 4.69) is 10.6 Å². The lowest BCUT2D eigenvalue weighted by molar-refractivity contribution is -0.154. The molecule has 1 aliphatic heterocycles. The summed E-state index contributed by atoms with van der Waals surface area (Å²) < 4.78 is 5.20. The van der Waals surface area contributed by atoms with Crippen molar-refractivity contribution in [1.82, 2.24) is 10.2 Å². The minimum atomic E-state index is -0.405. The molecule has 2 aromatic carbocycles. The summed E-state index contributed by atoms with van der Waals surface area (Å²) in [6, 6.07) is 16.0. The van der Waals surface area contributed by atoms with Gasteiger partial charge in [0.1, 0.15) is 0 Å². The van der Waals surface area contributed by atoms with Crippen molar-refractivity contribution in [3.05, 3.63) is 65.2 Å². The third kappa shape index (κ3) is 6.72. The number of likely N-dealkylation sites (tertiary alicyclic amines) is 1. The second kappa shape index (κ2) is 10.8. The highest BCUT2D eigenvalue weighted by Gasteiger charge is 2.29. The van der Waals surface area contributed by atoms with Crippen LogP contribution in [0.15, 0.2) is 54.6 Å². The number of anilines is 1. The summed E-state index contributed by atoms with van der Waals surface area (Å²) in [4.78, 5) is 38.5. The predicted molar refractivity (Wildman–Crippen MR) is 119 cm³/mol. The van der Waals surface area contributed by atoms with Gasteiger partial charge in [0, 0.05) is 23.8 Å². The second-order valence-electron chi connectivity index (χ2n) is 7.51. The van der Waals surface area contributed by atoms with Crippen LogP contribution < -0.4 is 10.6 Å². The lowest BCUT2D eigenvalue weighted by Crippen LogP contribution is -2.43. The van der Waals surface area contributed by atoms with Crippen molar-refractivity contribution < 1.29 is 19.1 Å². The summed E-state index contributed by atoms with van der Waals surface area (Å²) in [6.07, 6.45) is 1.01. The van der Waals surface area contributed by atoms with Crippen LogP contribution in [-0.4, -0.2) is 42.5 Å². The smallest absolute Gasteiger partial charge is 0.321 e. The van der Waals surface area contributed by atoms with Gasteiger partial charge in [-0.15, -0.1) is 0 Å². The highest BCUT2D eigenvalue weighted by molar-refractivity contribution is 6.30. The van der Waals surface area contributed by atoms with Crippen molar-refractivity contribution in [2.24, 2.45) is 5.92 Å². The SMILES string of the molecule is CC(NC(=O)COC(=O)C1CCN(C(=O)Nc2ccccc2)CC1)c1ccc(Cl)cc1. The highest BCUT2D eigenvalue weighted by atomic mass is 35.5. The van der Waals surface area contributed by atoms with Crippen LogP contribution in [0, 0.1) is 5.92 Å². The highest BCUT2D eigenvalue weighted by Crippen LogP contribution is 2.20. The molecule has 3 rings (SSSR count). The molecule has 31 heavy (non-hydrogen) atoms. The van der Waals surface area contributed by atoms with Crippen molar-refractivity contribution in [1.29, 1.82) is 0 Å². The minimum absolute atomic E-state index is 0.186. The van der Waals surface area contributed by atoms with Crippen LogP contribution >= 0.6 is 11.6 Å². The van der Waals surface area contributed by atoms with Gasteiger partial charge in [-0.2, -0.15) is 0 Å². The van der Waals surface area contributed by atoms with E-state index in [0.29, 0.717) is 31.0 Å². The number of para-hydroxylation sites is 1. The Hall–Kier alpha value is -3.06. The zero-order valence-electron chi connectivity index (χ0n) is 17.3. The number of halogens is 1. The molecule has 0 aromatic heterocycles. The number of carbonyl (C=O) groups is 3. The van der Waals surface area contributed by atoms with Gasteiger partial charge in [0.05, 0.1) is 12.0 Å². The molecule has 2 N–H and O–H groups in total. The van der Waals surface area contributed by atoms with E-state index in [1.165, 1.54) is 0 Å². The maximum absolute atomic E-state index is 12.3. The third-order valence-electron chi connectivity index (χ3n) is 5.23. The Balaban J connectivity index is 1.38. The molecule has 2 aromatic rings. The molecule has 8 heteroatoms. The first kappa shape index (κ1) is 22.6. The number of hydrogen-bond donors (Lipinski definition) is 2. The molecule has 7 nitrogen and oxygen atoms in total. The fourth-order valence-corrected chi connectivity index (χ4v) is 3.54. The van der Waals surface area contributed by atoms with Crippen LogP contribution in [0.1, 0.15) is 31.4 Å². The molecule has 3 amide bonds. The summed E-state index contributed by atoms with van der Waals surface area (Å²) in [5, 5.41) is 6.26. The molecule has 0 spiro atoms. The summed E-state index contributed by atoms with van der Waals surface area (Å²) in [6.45, 7) is 2.43. The number of urea groups is 1. The molecule has 1 unspecified atom stereocenters. The van der Waals surface area contributed by atoms with Gasteiger partial charge in [0.2, 0.25) is 0 Å². The lowest BCUT2D eigenvalue weighted by Gasteiger charge is -2.30. The maximum Gasteiger partial charge on any atom is 0.321 e. The first-order chi connectivity index (χ1) is 14.9. The normalized spacial score (nSPS) is 15.1. The number of rotatable bonds is 6. The van der Waals surface area contributed by atoms with E-state index in [9.17, 15) is 14.4 Å². The molecule has 0 saturated carbocycles. The molecule has 0 radical (unpaired) electrons. The molecule has 1 aliphatic rings. The van der Waals surface area contributed by atoms with Crippen molar-refractivity contribution in [3.63, 3.8) is 0 Å². The van der Waals surface area contributed by atoms with E-state index >= 15 is 0 Å². The third-order valence-corrected chi connectivity index (χ3v) is 5.49. The van der Waals surface area contributed by atoms with Crippen LogP contribution in [0.5, 0.6) is 0 Å². The number of esters is 1. The molecule has 1 heterocycles. The number of hydrogen-bond acceptors (Lipinski definition) is 4. The largest absolute Gasteiger partial charge is 0.455 e. The number of ether oxygens (including phenoxy) is 1. The van der Waals surface area contributed by atoms with E-state index in [1.807, 2.05) is 49.4 Å². The number of benzene rings is 2. The monoisotopic (exact) mass is 443 g/mol. The van der Waals surface area contributed by atoms with Gasteiger partial charge < -0.3 is 20.3 Å². The first-order valence-corrected chi connectivity index (χ1v) is 10.6. The first-order valence-electron chi connectivity index (χ1n) is 10.2. The van der Waals surface area contributed by atoms with Crippen LogP contribution in [0.3, 0.4) is 0 Å². The second-order valence-corrected chi connectivity index (χ2v) is 7.94. The Bertz CT molecular complexity index is 897. The number of nitrogens with zero attached hydrogens (tertiary/aromatic N) is 1. The summed E-state index contributed by atoms with van der Waals surface area (Å²) in [5.74, 6) is -1.09. The fourth-order valence-electron chi connectivity index (χ4n) is 3.41. The topological polar surface area (TPSA) is 87.7 Å². The van der Waals surface area contributed by atoms with Gasteiger partial charge in [-0.05, 0) is 49.6 Å². The van der Waals surface area contributed by atoms with Gasteiger partial charge >= 0.3 is 12.0 Å². The Morgan fingerprint density at radius 2 is 1.71 bits per heavy atom. The van der Waals surface area contributed by atoms with Crippen molar-refractivity contribution >= 4 is 35.2 Å². The van der Waals surface area contributed by atoms with Crippen molar-refractivity contribution in [3.8, 4) is 0 Å². The Kier molecular flexibility index (Phi) is 7.89. The molecule has 0 bridgehead atoms. The predicted octanol–water partition coefficient (Wildman–Crippen LogP) is 4.00. The van der Waals surface area contributed by atoms with Crippen LogP contribution in [0.25, 0.3) is 0 Å². The van der Waals surface area contributed by atoms with Gasteiger partial charge in [0.25, 0.3) is 5.91 Å². The van der Waals surface area contributed by atoms with E-state index < -0.39 is 5.97 Å². The standard InChI is InChI=1S/C23H26ClN3O4/c1-16(17-7-9-19(24)10-8-17)25-21(28)15-31-22(29)18-11-13-27(14-12-18)23(30)26-20-5-3-2-4-6-20/h2-10,16,18H,11-15H2,1H3,(H,25,28)(H,26,30). The van der Waals surface area contributed by atoms with Gasteiger partial charge in [-0.25, -0.2) is 4.79 Å². The lowest BCUT2D eigenvalue weighted by atomic mass is 9.97. The average Bonchev–Trinajstić information content (AvgIpc) is 2.78. The minimum Gasteiger partial charge on any atom is -0.455 e. The van der Waals surface area contributed by atoms with Gasteiger partial charge in [0.15, 0.2) is 6.61 Å². The number of carbonyl (C=O) groups excluding carboxylic acids is 3. The quantitative estimate of drug-likeness (QED) is 0.660. The van der Waals surface area contributed by atoms with E-state index in [4.69, 9.17) is 16.3 Å². The Morgan fingerprint density at radius 3 is 2.35 bits per heavy atom. The molecule has 1 fully saturated rings. The van der Waals surface area contributed by atoms with Crippen LogP contribution in [0.4, 0.5) is 10.5 Å². The van der Waals surface area contributed by atoms with Gasteiger partial charge in [-0.3, -0.25) is 9.59 Å². The number of piperidine rings is 1. The van der Waals surface area contributed by atoms with E-state index in [-0.39, 0.29) is 30.5 Å². The average molecular weight is 444 g/mol. The fraction of sp³-hybridized carbons (Fsp3) is 0.348. The van der Waals surface area contributed by atoms with Crippen molar-refractivity contribution in [2.75, 3.05) is 25.0 Å². The zero-order valence-corrected chi connectivity index (χ0v) is 18.1. The van der Waals surface area contributed by atoms with Crippen LogP contribution in [-0.2, 0) is 14.3 Å². The number of nitrogens with one attached hydrogen (secondary N) is 2. The molecular weight excluding hydrogens is 418 g/mol. The van der Waals surface area contributed by atoms with Crippen molar-refractivity contribution in [2.45, 2.75) is 25.8 Å². The summed E-state index contributed by atoms with van der Waals surface area (Å²) in [5.41, 5.74) is 1.64. The molecule has 164 valence electrons. The number of amides is 3. The molecule has 1 atom stereocenters. The maximum atomic E-state index is 12.3. The van der Waals surface area contributed by atoms with Gasteiger partial charge in [-0.1, -0.05) is 41.9 Å². The van der Waals surface area contributed by atoms with E-state index in [1.54, 1.807) is 17.0 Å². The zero-order chi connectivity index (χ0) is 22.2. The summed E-state index contributed by atoms with van der Waals surface area (Å²) in [7, 11) is 0. The van der Waals surface area contributed by atoms with Crippen LogP contribution in [0.2, 0.25) is 5.02 Å².